The molecule has 0 atom stereocenters. The van der Waals surface area contributed by atoms with Gasteiger partial charge in [-0.25, -0.2) is 0 Å². The Balaban J connectivity index is 3.04. The number of hydrogen-bond acceptors (Lipinski definition) is 4. The van der Waals surface area contributed by atoms with Crippen molar-refractivity contribution in [3.8, 4) is 5.75 Å². The van der Waals surface area contributed by atoms with Crippen LogP contribution < -0.4 is 10.5 Å². The van der Waals surface area contributed by atoms with Crippen LogP contribution >= 0.6 is 0 Å². The monoisotopic (exact) mass is 266 g/mol. The molecule has 0 aliphatic rings. The molecular weight excluding hydrogens is 244 g/mol. The van der Waals surface area contributed by atoms with Gasteiger partial charge < -0.3 is 20.5 Å². The second kappa shape index (κ2) is 5.93. The molecule has 1 aromatic carbocycles. The van der Waals surface area contributed by atoms with E-state index in [1.165, 1.54) is 7.11 Å². The maximum Gasteiger partial charge on any atom is 0.257 e. The third-order valence-electron chi connectivity index (χ3n) is 2.70. The van der Waals surface area contributed by atoms with Crippen molar-refractivity contribution < 1.29 is 14.6 Å². The van der Waals surface area contributed by atoms with E-state index >= 15 is 0 Å². The molecule has 0 aliphatic heterocycles. The van der Waals surface area contributed by atoms with Gasteiger partial charge in [0.15, 0.2) is 0 Å². The molecule has 0 fully saturated rings. The minimum Gasteiger partial charge on any atom is -0.496 e. The predicted octanol–water partition coefficient (Wildman–Crippen LogP) is 1.51. The number of rotatable bonds is 5. The number of nitrogen functional groups attached to an aromatic ring is 1. The highest BCUT2D eigenvalue weighted by atomic mass is 16.5. The quantitative estimate of drug-likeness (QED) is 0.792. The summed E-state index contributed by atoms with van der Waals surface area (Å²) in [5.74, 6) is 0.265. The molecule has 0 radical (unpaired) electrons. The second-order valence-corrected chi connectivity index (χ2v) is 5.09. The Morgan fingerprint density at radius 3 is 2.58 bits per heavy atom. The minimum atomic E-state index is -0.938. The van der Waals surface area contributed by atoms with Crippen LogP contribution in [-0.4, -0.2) is 41.7 Å². The van der Waals surface area contributed by atoms with Gasteiger partial charge in [-0.3, -0.25) is 4.79 Å². The molecule has 1 aromatic rings. The highest BCUT2D eigenvalue weighted by Crippen LogP contribution is 2.23. The van der Waals surface area contributed by atoms with Crippen molar-refractivity contribution in [2.45, 2.75) is 26.4 Å². The van der Waals surface area contributed by atoms with E-state index in [2.05, 4.69) is 0 Å². The minimum absolute atomic E-state index is 0.179. The number of aliphatic hydroxyl groups is 1. The van der Waals surface area contributed by atoms with E-state index in [0.29, 0.717) is 23.5 Å². The number of nitrogens with zero attached hydrogens (tertiary/aromatic N) is 1. The van der Waals surface area contributed by atoms with Gasteiger partial charge in [-0.1, -0.05) is 0 Å². The van der Waals surface area contributed by atoms with Gasteiger partial charge in [-0.2, -0.15) is 0 Å². The van der Waals surface area contributed by atoms with E-state index in [0.717, 1.165) is 0 Å². The van der Waals surface area contributed by atoms with E-state index in [1.54, 1.807) is 36.9 Å². The summed E-state index contributed by atoms with van der Waals surface area (Å²) < 4.78 is 5.18. The fourth-order valence-corrected chi connectivity index (χ4v) is 1.85. The largest absolute Gasteiger partial charge is 0.496 e. The van der Waals surface area contributed by atoms with E-state index < -0.39 is 5.60 Å². The predicted molar refractivity (Wildman–Crippen MR) is 75.3 cm³/mol. The molecule has 0 aromatic heterocycles. The number of benzene rings is 1. The average Bonchev–Trinajstić information content (AvgIpc) is 2.33. The van der Waals surface area contributed by atoms with Gasteiger partial charge in [0.1, 0.15) is 5.75 Å². The molecule has 3 N–H and O–H groups in total. The first-order valence-corrected chi connectivity index (χ1v) is 6.23. The first-order chi connectivity index (χ1) is 8.78. The van der Waals surface area contributed by atoms with Crippen LogP contribution in [-0.2, 0) is 0 Å². The Morgan fingerprint density at radius 1 is 1.47 bits per heavy atom. The molecule has 0 spiro atoms. The summed E-state index contributed by atoms with van der Waals surface area (Å²) in [5.41, 5.74) is 5.72. The first-order valence-electron chi connectivity index (χ1n) is 6.23. The van der Waals surface area contributed by atoms with Crippen molar-refractivity contribution in [2.75, 3.05) is 25.9 Å². The highest BCUT2D eigenvalue weighted by Gasteiger charge is 2.24. The zero-order valence-electron chi connectivity index (χ0n) is 11.9. The number of anilines is 1. The first kappa shape index (κ1) is 15.3. The zero-order chi connectivity index (χ0) is 14.6. The summed E-state index contributed by atoms with van der Waals surface area (Å²) in [5, 5.41) is 9.84. The van der Waals surface area contributed by atoms with E-state index in [-0.39, 0.29) is 12.5 Å². The molecular formula is C14H22N2O3. The molecule has 0 saturated heterocycles. The number of likely N-dealkylation sites (N-methyl/N-ethyl adjacent to an activating group) is 1. The number of carbonyl (C=O) groups is 1. The topological polar surface area (TPSA) is 75.8 Å². The molecule has 0 aliphatic carbocycles. The van der Waals surface area contributed by atoms with Crippen molar-refractivity contribution >= 4 is 11.6 Å². The summed E-state index contributed by atoms with van der Waals surface area (Å²) in [6, 6.07) is 4.92. The highest BCUT2D eigenvalue weighted by molar-refractivity contribution is 5.97. The molecule has 5 heteroatoms. The summed E-state index contributed by atoms with van der Waals surface area (Å²) in [6.45, 7) is 5.98. The van der Waals surface area contributed by atoms with Crippen LogP contribution in [0.2, 0.25) is 0 Å². The van der Waals surface area contributed by atoms with Crippen molar-refractivity contribution in [1.29, 1.82) is 0 Å². The Labute approximate surface area is 114 Å². The van der Waals surface area contributed by atoms with Crippen molar-refractivity contribution in [3.05, 3.63) is 23.8 Å². The van der Waals surface area contributed by atoms with Crippen LogP contribution in [0.3, 0.4) is 0 Å². The van der Waals surface area contributed by atoms with Gasteiger partial charge in [0.2, 0.25) is 0 Å². The van der Waals surface area contributed by atoms with Gasteiger partial charge in [-0.05, 0) is 32.9 Å². The lowest BCUT2D eigenvalue weighted by molar-refractivity contribution is 0.0313. The van der Waals surface area contributed by atoms with Crippen LogP contribution in [0.25, 0.3) is 0 Å². The van der Waals surface area contributed by atoms with Crippen molar-refractivity contribution in [3.63, 3.8) is 0 Å². The Kier molecular flexibility index (Phi) is 4.78. The SMILES string of the molecule is CCN(CC(C)(C)O)C(=O)c1ccc(N)cc1OC. The Bertz CT molecular complexity index is 452. The molecule has 0 saturated carbocycles. The van der Waals surface area contributed by atoms with Gasteiger partial charge in [0.05, 0.1) is 18.3 Å². The lowest BCUT2D eigenvalue weighted by Gasteiger charge is -2.28. The molecule has 106 valence electrons. The molecule has 1 amide bonds. The van der Waals surface area contributed by atoms with Crippen LogP contribution in [0, 0.1) is 0 Å². The third kappa shape index (κ3) is 4.13. The maximum atomic E-state index is 12.4. The van der Waals surface area contributed by atoms with Crippen LogP contribution in [0.4, 0.5) is 5.69 Å². The third-order valence-corrected chi connectivity index (χ3v) is 2.70. The fourth-order valence-electron chi connectivity index (χ4n) is 1.85. The van der Waals surface area contributed by atoms with Gasteiger partial charge in [-0.15, -0.1) is 0 Å². The summed E-state index contributed by atoms with van der Waals surface area (Å²) in [4.78, 5) is 14.0. The Morgan fingerprint density at radius 2 is 2.11 bits per heavy atom. The van der Waals surface area contributed by atoms with Crippen molar-refractivity contribution in [1.82, 2.24) is 4.90 Å². The van der Waals surface area contributed by atoms with Gasteiger partial charge in [0.25, 0.3) is 5.91 Å². The Hall–Kier alpha value is -1.75. The van der Waals surface area contributed by atoms with Crippen LogP contribution in [0.15, 0.2) is 18.2 Å². The van der Waals surface area contributed by atoms with E-state index in [1.807, 2.05) is 6.92 Å². The zero-order valence-corrected chi connectivity index (χ0v) is 11.9. The van der Waals surface area contributed by atoms with Gasteiger partial charge >= 0.3 is 0 Å². The molecule has 19 heavy (non-hydrogen) atoms. The number of nitrogens with two attached hydrogens (primary N) is 1. The lowest BCUT2D eigenvalue weighted by atomic mass is 10.1. The number of hydrogen-bond donors (Lipinski definition) is 2. The van der Waals surface area contributed by atoms with E-state index in [9.17, 15) is 9.90 Å². The standard InChI is InChI=1S/C14H22N2O3/c1-5-16(9-14(2,3)18)13(17)11-7-6-10(15)8-12(11)19-4/h6-8,18H,5,9,15H2,1-4H3. The molecule has 0 bridgehead atoms. The molecule has 0 unspecified atom stereocenters. The molecule has 5 nitrogen and oxygen atoms in total. The van der Waals surface area contributed by atoms with Gasteiger partial charge in [0, 0.05) is 24.8 Å². The second-order valence-electron chi connectivity index (χ2n) is 5.09. The number of amides is 1. The summed E-state index contributed by atoms with van der Waals surface area (Å²) in [6.07, 6.45) is 0. The number of ether oxygens (including phenoxy) is 1. The van der Waals surface area contributed by atoms with Crippen LogP contribution in [0.5, 0.6) is 5.75 Å². The van der Waals surface area contributed by atoms with Crippen LogP contribution in [0.1, 0.15) is 31.1 Å². The molecule has 0 heterocycles. The number of methoxy groups -OCH3 is 1. The summed E-state index contributed by atoms with van der Waals surface area (Å²) >= 11 is 0. The fraction of sp³-hybridized carbons (Fsp3) is 0.500. The molecule has 1 rings (SSSR count). The smallest absolute Gasteiger partial charge is 0.257 e. The maximum absolute atomic E-state index is 12.4. The van der Waals surface area contributed by atoms with Crippen molar-refractivity contribution in [2.24, 2.45) is 0 Å². The summed E-state index contributed by atoms with van der Waals surface area (Å²) in [7, 11) is 1.50. The lowest BCUT2D eigenvalue weighted by Crippen LogP contribution is -2.42. The normalized spacial score (nSPS) is 11.2. The number of carbonyl (C=O) groups excluding carboxylic acids is 1. The van der Waals surface area contributed by atoms with E-state index in [4.69, 9.17) is 10.5 Å². The average molecular weight is 266 g/mol.